The zero-order valence-corrected chi connectivity index (χ0v) is 10.1. The van der Waals surface area contributed by atoms with Crippen LogP contribution in [0.4, 0.5) is 4.79 Å². The van der Waals surface area contributed by atoms with Crippen molar-refractivity contribution < 1.29 is 14.3 Å². The van der Waals surface area contributed by atoms with E-state index in [1.165, 1.54) is 12.1 Å². The zero-order valence-electron chi connectivity index (χ0n) is 9.30. The Kier molecular flexibility index (Phi) is 3.75. The smallest absolute Gasteiger partial charge is 0.409 e. The molecule has 0 aliphatic heterocycles. The third-order valence-corrected chi connectivity index (χ3v) is 2.43. The van der Waals surface area contributed by atoms with Crippen molar-refractivity contribution in [1.29, 1.82) is 0 Å². The number of hydrogen-bond donors (Lipinski definition) is 0. The maximum absolute atomic E-state index is 12.0. The summed E-state index contributed by atoms with van der Waals surface area (Å²) in [5, 5.41) is 0. The van der Waals surface area contributed by atoms with E-state index in [1.54, 1.807) is 36.4 Å². The number of carbonyl (C=O) groups excluding carboxylic acids is 2. The maximum atomic E-state index is 12.0. The molecule has 18 heavy (non-hydrogen) atoms. The first kappa shape index (κ1) is 12.3. The lowest BCUT2D eigenvalue weighted by molar-refractivity contribution is 0.103. The van der Waals surface area contributed by atoms with Gasteiger partial charge in [0, 0.05) is 22.7 Å². The summed E-state index contributed by atoms with van der Waals surface area (Å²) in [5.74, 6) is 0.221. The fourth-order valence-corrected chi connectivity index (χ4v) is 1.61. The summed E-state index contributed by atoms with van der Waals surface area (Å²) in [6, 6.07) is 15.2. The number of ketones is 1. The van der Waals surface area contributed by atoms with Gasteiger partial charge in [0.25, 0.3) is 0 Å². The van der Waals surface area contributed by atoms with Crippen LogP contribution >= 0.6 is 11.6 Å². The minimum absolute atomic E-state index is 0.0839. The lowest BCUT2D eigenvalue weighted by atomic mass is 10.0. The molecular formula is C14H9ClO3. The van der Waals surface area contributed by atoms with Crippen molar-refractivity contribution in [2.75, 3.05) is 0 Å². The SMILES string of the molecule is O=C(Cl)Oc1ccc(C(=O)c2ccccc2)cc1. The zero-order chi connectivity index (χ0) is 13.0. The molecule has 0 aliphatic rings. The Balaban J connectivity index is 2.20. The number of hydrogen-bond acceptors (Lipinski definition) is 3. The van der Waals surface area contributed by atoms with E-state index >= 15 is 0 Å². The predicted molar refractivity (Wildman–Crippen MR) is 68.2 cm³/mol. The Morgan fingerprint density at radius 3 is 1.94 bits per heavy atom. The van der Waals surface area contributed by atoms with Crippen LogP contribution in [0.3, 0.4) is 0 Å². The third kappa shape index (κ3) is 2.96. The quantitative estimate of drug-likeness (QED) is 0.625. The molecule has 0 aliphatic carbocycles. The van der Waals surface area contributed by atoms with E-state index in [-0.39, 0.29) is 5.78 Å². The van der Waals surface area contributed by atoms with E-state index in [0.29, 0.717) is 16.9 Å². The second-order valence-corrected chi connectivity index (χ2v) is 3.87. The number of benzene rings is 2. The van der Waals surface area contributed by atoms with Crippen LogP contribution < -0.4 is 4.74 Å². The highest BCUT2D eigenvalue weighted by atomic mass is 35.5. The van der Waals surface area contributed by atoms with E-state index in [9.17, 15) is 9.59 Å². The van der Waals surface area contributed by atoms with Crippen molar-refractivity contribution in [2.45, 2.75) is 0 Å². The van der Waals surface area contributed by atoms with Gasteiger partial charge in [0.15, 0.2) is 5.78 Å². The molecule has 90 valence electrons. The summed E-state index contributed by atoms with van der Waals surface area (Å²) >= 11 is 5.08. The first-order chi connectivity index (χ1) is 8.66. The molecule has 0 fully saturated rings. The van der Waals surface area contributed by atoms with Crippen molar-refractivity contribution >= 4 is 22.8 Å². The highest BCUT2D eigenvalue weighted by Crippen LogP contribution is 2.16. The molecule has 0 atom stereocenters. The molecule has 0 unspecified atom stereocenters. The van der Waals surface area contributed by atoms with Gasteiger partial charge in [0.2, 0.25) is 0 Å². The number of ether oxygens (including phenoxy) is 1. The van der Waals surface area contributed by atoms with Crippen molar-refractivity contribution in [1.82, 2.24) is 0 Å². The largest absolute Gasteiger partial charge is 0.415 e. The van der Waals surface area contributed by atoms with Crippen molar-refractivity contribution in [3.63, 3.8) is 0 Å². The van der Waals surface area contributed by atoms with Gasteiger partial charge >= 0.3 is 5.43 Å². The summed E-state index contributed by atoms with van der Waals surface area (Å²) in [5.41, 5.74) is 0.229. The van der Waals surface area contributed by atoms with Crippen molar-refractivity contribution in [3.8, 4) is 5.75 Å². The molecule has 0 heterocycles. The molecule has 0 amide bonds. The van der Waals surface area contributed by atoms with Crippen molar-refractivity contribution in [3.05, 3.63) is 65.7 Å². The molecule has 3 nitrogen and oxygen atoms in total. The molecule has 4 heteroatoms. The molecule has 0 saturated carbocycles. The predicted octanol–water partition coefficient (Wildman–Crippen LogP) is 3.66. The maximum Gasteiger partial charge on any atom is 0.409 e. The Hall–Kier alpha value is -2.13. The third-order valence-electron chi connectivity index (χ3n) is 2.35. The van der Waals surface area contributed by atoms with Crippen molar-refractivity contribution in [2.24, 2.45) is 0 Å². The molecule has 2 rings (SSSR count). The van der Waals surface area contributed by atoms with Crippen LogP contribution in [0.15, 0.2) is 54.6 Å². The fraction of sp³-hybridized carbons (Fsp3) is 0. The summed E-state index contributed by atoms with van der Waals surface area (Å²) in [4.78, 5) is 22.6. The van der Waals surface area contributed by atoms with Crippen LogP contribution in [0.1, 0.15) is 15.9 Å². The summed E-state index contributed by atoms with van der Waals surface area (Å²) in [7, 11) is 0. The van der Waals surface area contributed by atoms with Crippen LogP contribution in [0.2, 0.25) is 0 Å². The molecule has 2 aromatic rings. The van der Waals surface area contributed by atoms with Gasteiger partial charge < -0.3 is 4.74 Å². The Morgan fingerprint density at radius 1 is 0.833 bits per heavy atom. The normalized spacial score (nSPS) is 9.83. The van der Waals surface area contributed by atoms with E-state index in [1.807, 2.05) is 6.07 Å². The van der Waals surface area contributed by atoms with E-state index in [4.69, 9.17) is 11.6 Å². The van der Waals surface area contributed by atoms with Gasteiger partial charge in [-0.05, 0) is 24.3 Å². The fourth-order valence-electron chi connectivity index (χ4n) is 1.52. The van der Waals surface area contributed by atoms with E-state index < -0.39 is 5.43 Å². The molecule has 2 aromatic carbocycles. The summed E-state index contributed by atoms with van der Waals surface area (Å²) in [6.45, 7) is 0. The summed E-state index contributed by atoms with van der Waals surface area (Å²) < 4.78 is 4.67. The minimum Gasteiger partial charge on any atom is -0.415 e. The van der Waals surface area contributed by atoms with E-state index in [2.05, 4.69) is 4.74 Å². The van der Waals surface area contributed by atoms with Gasteiger partial charge in [-0.15, -0.1) is 0 Å². The second-order valence-electron chi connectivity index (χ2n) is 3.56. The molecule has 0 saturated heterocycles. The molecule has 0 N–H and O–H groups in total. The monoisotopic (exact) mass is 260 g/mol. The first-order valence-electron chi connectivity index (χ1n) is 5.24. The average Bonchev–Trinajstić information content (AvgIpc) is 2.39. The van der Waals surface area contributed by atoms with Crippen LogP contribution in [-0.2, 0) is 0 Å². The van der Waals surface area contributed by atoms with Crippen LogP contribution in [0.25, 0.3) is 0 Å². The van der Waals surface area contributed by atoms with Gasteiger partial charge in [-0.1, -0.05) is 30.3 Å². The Morgan fingerprint density at radius 2 is 1.39 bits per heavy atom. The van der Waals surface area contributed by atoms with Crippen LogP contribution in [0.5, 0.6) is 5.75 Å². The highest BCUT2D eigenvalue weighted by Gasteiger charge is 2.08. The van der Waals surface area contributed by atoms with Gasteiger partial charge in [-0.25, -0.2) is 4.79 Å². The lowest BCUT2D eigenvalue weighted by Gasteiger charge is -2.03. The summed E-state index contributed by atoms with van der Waals surface area (Å²) in [6.07, 6.45) is 0. The second kappa shape index (κ2) is 5.47. The topological polar surface area (TPSA) is 43.4 Å². The molecular weight excluding hydrogens is 252 g/mol. The highest BCUT2D eigenvalue weighted by molar-refractivity contribution is 6.61. The van der Waals surface area contributed by atoms with Gasteiger partial charge in [-0.3, -0.25) is 4.79 Å². The minimum atomic E-state index is -0.905. The molecule has 0 radical (unpaired) electrons. The Bertz CT molecular complexity index is 561. The number of carbonyl (C=O) groups is 2. The number of halogens is 1. The average molecular weight is 261 g/mol. The van der Waals surface area contributed by atoms with Gasteiger partial charge in [-0.2, -0.15) is 0 Å². The first-order valence-corrected chi connectivity index (χ1v) is 5.62. The number of rotatable bonds is 3. The van der Waals surface area contributed by atoms with Crippen LogP contribution in [-0.4, -0.2) is 11.2 Å². The van der Waals surface area contributed by atoms with E-state index in [0.717, 1.165) is 0 Å². The lowest BCUT2D eigenvalue weighted by Crippen LogP contribution is -2.01. The van der Waals surface area contributed by atoms with Gasteiger partial charge in [0.05, 0.1) is 0 Å². The standard InChI is InChI=1S/C14H9ClO3/c15-14(17)18-12-8-6-11(7-9-12)13(16)10-4-2-1-3-5-10/h1-9H. The van der Waals surface area contributed by atoms with Crippen LogP contribution in [0, 0.1) is 0 Å². The molecule has 0 aromatic heterocycles. The Labute approximate surface area is 109 Å². The molecule has 0 spiro atoms. The van der Waals surface area contributed by atoms with Gasteiger partial charge in [0.1, 0.15) is 5.75 Å². The molecule has 0 bridgehead atoms.